The number of allylic oxidation sites excluding steroid dienone is 3. The van der Waals surface area contributed by atoms with Crippen LogP contribution in [0.15, 0.2) is 34.8 Å². The van der Waals surface area contributed by atoms with E-state index in [1.165, 1.54) is 6.07 Å². The van der Waals surface area contributed by atoms with Crippen LogP contribution in [0.4, 0.5) is 0 Å². The third kappa shape index (κ3) is 5.63. The van der Waals surface area contributed by atoms with Crippen molar-refractivity contribution in [1.82, 2.24) is 0 Å². The van der Waals surface area contributed by atoms with E-state index < -0.39 is 26.7 Å². The minimum absolute atomic E-state index is 0. The first-order chi connectivity index (χ1) is 12.6. The Kier molecular flexibility index (Phi) is 9.29. The van der Waals surface area contributed by atoms with Gasteiger partial charge in [0.25, 0.3) is 0 Å². The Bertz CT molecular complexity index is 858. The fourth-order valence-corrected chi connectivity index (χ4v) is 4.80. The van der Waals surface area contributed by atoms with Gasteiger partial charge in [-0.15, -0.1) is 0 Å². The fraction of sp³-hybridized carbons (Fsp3) is 0.524. The van der Waals surface area contributed by atoms with Crippen LogP contribution in [-0.4, -0.2) is 23.2 Å². The largest absolute Gasteiger partial charge is 1.00 e. The number of benzene rings is 1. The van der Waals surface area contributed by atoms with Gasteiger partial charge in [0.1, 0.15) is 21.6 Å². The maximum absolute atomic E-state index is 11.9. The topological polar surface area (TPSA) is 97.7 Å². The molecule has 7 heteroatoms. The second-order valence-electron chi connectivity index (χ2n) is 7.59. The number of aromatic hydroxyl groups is 2. The van der Waals surface area contributed by atoms with E-state index in [-0.39, 0.29) is 52.4 Å². The Labute approximate surface area is 190 Å². The van der Waals surface area contributed by atoms with Crippen molar-refractivity contribution in [1.29, 1.82) is 0 Å². The van der Waals surface area contributed by atoms with Gasteiger partial charge in [-0.2, -0.15) is 0 Å². The molecule has 5 nitrogen and oxygen atoms in total. The zero-order valence-corrected chi connectivity index (χ0v) is 20.1. The van der Waals surface area contributed by atoms with Gasteiger partial charge in [0.15, 0.2) is 0 Å². The Balaban J connectivity index is 0.00000392. The van der Waals surface area contributed by atoms with Crippen LogP contribution in [0, 0.1) is 5.92 Å². The Hall–Kier alpha value is -0.790. The van der Waals surface area contributed by atoms with Gasteiger partial charge in [0, 0.05) is 11.5 Å². The SMILES string of the molecule is C=C(C)C1CCC(C)=CC1c1c(O)cc(CCCCC)c(S(=O)(=O)[O-])c1O.[Na+]. The van der Waals surface area contributed by atoms with Crippen molar-refractivity contribution in [2.75, 3.05) is 0 Å². The molecule has 0 spiro atoms. The summed E-state index contributed by atoms with van der Waals surface area (Å²) in [6.45, 7) is 9.86. The van der Waals surface area contributed by atoms with E-state index in [0.717, 1.165) is 36.8 Å². The first-order valence-corrected chi connectivity index (χ1v) is 10.8. The average molecular weight is 417 g/mol. The number of rotatable bonds is 7. The molecular weight excluding hydrogens is 387 g/mol. The van der Waals surface area contributed by atoms with Gasteiger partial charge in [-0.1, -0.05) is 43.6 Å². The Morgan fingerprint density at radius 3 is 2.50 bits per heavy atom. The summed E-state index contributed by atoms with van der Waals surface area (Å²) in [7, 11) is -4.88. The summed E-state index contributed by atoms with van der Waals surface area (Å²) in [5.74, 6) is -1.24. The number of phenols is 2. The van der Waals surface area contributed by atoms with Crippen LogP contribution in [0.1, 0.15) is 69.9 Å². The number of phenolic OH excluding ortho intramolecular Hbond substituents is 2. The Morgan fingerprint density at radius 1 is 1.32 bits per heavy atom. The second-order valence-corrected chi connectivity index (χ2v) is 8.90. The number of hydrogen-bond acceptors (Lipinski definition) is 5. The monoisotopic (exact) mass is 416 g/mol. The van der Waals surface area contributed by atoms with Gasteiger partial charge < -0.3 is 14.8 Å². The molecular formula is C21H29NaO5S. The third-order valence-corrected chi connectivity index (χ3v) is 6.32. The van der Waals surface area contributed by atoms with Gasteiger partial charge in [-0.3, -0.25) is 0 Å². The van der Waals surface area contributed by atoms with Crippen molar-refractivity contribution in [2.24, 2.45) is 5.92 Å². The van der Waals surface area contributed by atoms with Crippen molar-refractivity contribution in [2.45, 2.75) is 70.1 Å². The number of aryl methyl sites for hydroxylation is 1. The minimum atomic E-state index is -4.88. The van der Waals surface area contributed by atoms with E-state index in [1.54, 1.807) is 0 Å². The molecule has 1 aliphatic carbocycles. The van der Waals surface area contributed by atoms with Crippen LogP contribution in [0.5, 0.6) is 11.5 Å². The van der Waals surface area contributed by atoms with E-state index in [9.17, 15) is 23.2 Å². The Morgan fingerprint density at radius 2 is 1.96 bits per heavy atom. The molecule has 150 valence electrons. The van der Waals surface area contributed by atoms with Gasteiger partial charge in [-0.25, -0.2) is 8.42 Å². The summed E-state index contributed by atoms with van der Waals surface area (Å²) >= 11 is 0. The van der Waals surface area contributed by atoms with Crippen molar-refractivity contribution >= 4 is 10.1 Å². The molecule has 2 N–H and O–H groups in total. The summed E-state index contributed by atoms with van der Waals surface area (Å²) in [5, 5.41) is 21.4. The molecule has 2 atom stereocenters. The van der Waals surface area contributed by atoms with Crippen LogP contribution in [0.3, 0.4) is 0 Å². The van der Waals surface area contributed by atoms with E-state index >= 15 is 0 Å². The molecule has 0 radical (unpaired) electrons. The first kappa shape index (κ1) is 25.2. The summed E-state index contributed by atoms with van der Waals surface area (Å²) in [4.78, 5) is -0.594. The molecule has 28 heavy (non-hydrogen) atoms. The maximum Gasteiger partial charge on any atom is 1.00 e. The standard InChI is InChI=1S/C21H30O5S.Na/c1-5-6-7-8-15-12-18(22)19(20(23)21(15)27(24,25)26)17-11-14(4)9-10-16(17)13(2)3;/h11-12,16-17,22-23H,2,5-10H2,1,3-4H3,(H,24,25,26);/q;+1/p-1. The van der Waals surface area contributed by atoms with Gasteiger partial charge >= 0.3 is 29.6 Å². The first-order valence-electron chi connectivity index (χ1n) is 9.44. The quantitative estimate of drug-likeness (QED) is 0.305. The van der Waals surface area contributed by atoms with Crippen molar-refractivity contribution in [3.63, 3.8) is 0 Å². The summed E-state index contributed by atoms with van der Waals surface area (Å²) in [6, 6.07) is 1.34. The van der Waals surface area contributed by atoms with Crippen molar-refractivity contribution in [3.8, 4) is 11.5 Å². The van der Waals surface area contributed by atoms with E-state index in [4.69, 9.17) is 0 Å². The molecule has 1 aliphatic rings. The predicted octanol–water partition coefficient (Wildman–Crippen LogP) is 1.75. The molecule has 1 aromatic rings. The van der Waals surface area contributed by atoms with Gasteiger partial charge in [0.05, 0.1) is 4.90 Å². The molecule has 0 aliphatic heterocycles. The smallest absolute Gasteiger partial charge is 0.744 e. The van der Waals surface area contributed by atoms with Crippen LogP contribution < -0.4 is 29.6 Å². The fourth-order valence-electron chi connectivity index (χ4n) is 3.97. The molecule has 0 aromatic heterocycles. The van der Waals surface area contributed by atoms with Crippen LogP contribution in [0.2, 0.25) is 0 Å². The third-order valence-electron chi connectivity index (χ3n) is 5.36. The number of unbranched alkanes of at least 4 members (excludes halogenated alkanes) is 2. The van der Waals surface area contributed by atoms with Crippen LogP contribution in [0.25, 0.3) is 0 Å². The second kappa shape index (κ2) is 10.3. The number of hydrogen-bond donors (Lipinski definition) is 2. The molecule has 0 fully saturated rings. The molecule has 2 rings (SSSR count). The minimum Gasteiger partial charge on any atom is -0.744 e. The normalized spacial score (nSPS) is 19.6. The summed E-state index contributed by atoms with van der Waals surface area (Å²) in [6.07, 6.45) is 6.38. The molecule has 0 saturated heterocycles. The van der Waals surface area contributed by atoms with E-state index in [2.05, 4.69) is 6.58 Å². The van der Waals surface area contributed by atoms with Crippen LogP contribution >= 0.6 is 0 Å². The molecule has 0 amide bonds. The molecule has 1 aromatic carbocycles. The van der Waals surface area contributed by atoms with Gasteiger partial charge in [0.2, 0.25) is 0 Å². The van der Waals surface area contributed by atoms with Crippen LogP contribution in [-0.2, 0) is 16.5 Å². The van der Waals surface area contributed by atoms with Crippen molar-refractivity contribution in [3.05, 3.63) is 41.0 Å². The zero-order chi connectivity index (χ0) is 20.4. The van der Waals surface area contributed by atoms with Crippen molar-refractivity contribution < 1.29 is 52.7 Å². The predicted molar refractivity (Wildman–Crippen MR) is 105 cm³/mol. The summed E-state index contributed by atoms with van der Waals surface area (Å²) in [5.41, 5.74) is 2.27. The molecule has 0 saturated carbocycles. The van der Waals surface area contributed by atoms with E-state index in [0.29, 0.717) is 12.8 Å². The average Bonchev–Trinajstić information content (AvgIpc) is 2.53. The summed E-state index contributed by atoms with van der Waals surface area (Å²) < 4.78 is 35.7. The zero-order valence-electron chi connectivity index (χ0n) is 17.3. The van der Waals surface area contributed by atoms with Gasteiger partial charge in [-0.05, 0) is 57.1 Å². The maximum atomic E-state index is 11.9. The molecule has 2 unspecified atom stereocenters. The van der Waals surface area contributed by atoms with E-state index in [1.807, 2.05) is 26.8 Å². The molecule has 0 heterocycles. The molecule has 0 bridgehead atoms.